The van der Waals surface area contributed by atoms with Gasteiger partial charge in [-0.2, -0.15) is 0 Å². The molecule has 178 valence electrons. The maximum Gasteiger partial charge on any atom is 0.247 e. The third kappa shape index (κ3) is 4.29. The summed E-state index contributed by atoms with van der Waals surface area (Å²) < 4.78 is 4.44. The second-order valence-corrected chi connectivity index (χ2v) is 10.8. The highest BCUT2D eigenvalue weighted by atomic mass is 32.2. The molecule has 1 N–H and O–H groups in total. The summed E-state index contributed by atoms with van der Waals surface area (Å²) in [5.41, 5.74) is 5.79. The number of rotatable bonds is 7. The van der Waals surface area contributed by atoms with Crippen LogP contribution in [-0.2, 0) is 11.4 Å². The molecule has 3 heterocycles. The first kappa shape index (κ1) is 22.5. The number of thioether (sulfide) groups is 1. The predicted octanol–water partition coefficient (Wildman–Crippen LogP) is 7.60. The summed E-state index contributed by atoms with van der Waals surface area (Å²) in [5, 5.41) is 12.1. The summed E-state index contributed by atoms with van der Waals surface area (Å²) in [6.45, 7) is 2.72. The molecule has 0 amide bonds. The lowest BCUT2D eigenvalue weighted by Gasteiger charge is -2.28. The van der Waals surface area contributed by atoms with Crippen LogP contribution in [0.4, 0.5) is 0 Å². The summed E-state index contributed by atoms with van der Waals surface area (Å²) in [7, 11) is 0. The van der Waals surface area contributed by atoms with E-state index in [1.165, 1.54) is 37.2 Å². The normalized spacial score (nSPS) is 19.5. The van der Waals surface area contributed by atoms with Gasteiger partial charge in [-0.3, -0.25) is 0 Å². The fourth-order valence-corrected chi connectivity index (χ4v) is 6.00. The molecule has 1 aliphatic carbocycles. The fourth-order valence-electron chi connectivity index (χ4n) is 4.54. The number of thiophene rings is 1. The van der Waals surface area contributed by atoms with Crippen molar-refractivity contribution < 1.29 is 9.94 Å². The summed E-state index contributed by atoms with van der Waals surface area (Å²) >= 11 is 3.59. The zero-order chi connectivity index (χ0) is 23.9. The molecule has 4 aromatic rings. The van der Waals surface area contributed by atoms with Crippen molar-refractivity contribution in [2.24, 2.45) is 0 Å². The molecule has 2 aromatic heterocycles. The van der Waals surface area contributed by atoms with Gasteiger partial charge in [-0.15, -0.1) is 28.2 Å². The Morgan fingerprint density at radius 1 is 1.03 bits per heavy atom. The van der Waals surface area contributed by atoms with Crippen molar-refractivity contribution in [1.82, 2.24) is 14.4 Å². The van der Waals surface area contributed by atoms with E-state index in [4.69, 9.17) is 4.84 Å². The van der Waals surface area contributed by atoms with Crippen LogP contribution in [0.3, 0.4) is 0 Å². The van der Waals surface area contributed by atoms with E-state index in [9.17, 15) is 5.11 Å². The zero-order valence-corrected chi connectivity index (χ0v) is 21.4. The van der Waals surface area contributed by atoms with E-state index in [1.54, 1.807) is 17.8 Å². The number of hydrogen-bond acceptors (Lipinski definition) is 5. The minimum atomic E-state index is -0.188. The number of allylic oxidation sites excluding steroid dienone is 4. The molecule has 0 spiro atoms. The van der Waals surface area contributed by atoms with E-state index in [0.29, 0.717) is 12.3 Å². The van der Waals surface area contributed by atoms with Crippen molar-refractivity contribution in [2.75, 3.05) is 6.26 Å². The van der Waals surface area contributed by atoms with Crippen molar-refractivity contribution in [3.8, 4) is 26.8 Å². The Morgan fingerprint density at radius 3 is 2.69 bits per heavy atom. The van der Waals surface area contributed by atoms with E-state index >= 15 is 0 Å². The van der Waals surface area contributed by atoms with Gasteiger partial charge in [0.1, 0.15) is 5.75 Å². The minimum Gasteiger partial charge on any atom is -0.508 e. The van der Waals surface area contributed by atoms with Crippen LogP contribution in [0, 0.1) is 0 Å². The van der Waals surface area contributed by atoms with Crippen LogP contribution in [0.5, 0.6) is 5.75 Å². The van der Waals surface area contributed by atoms with Crippen molar-refractivity contribution in [3.63, 3.8) is 0 Å². The fraction of sp³-hybridized carbons (Fsp3) is 0.214. The Labute approximate surface area is 213 Å². The number of para-hydroxylation sites is 1. The van der Waals surface area contributed by atoms with Gasteiger partial charge in [-0.1, -0.05) is 42.5 Å². The Kier molecular flexibility index (Phi) is 5.94. The Hall–Kier alpha value is -2.97. The van der Waals surface area contributed by atoms with Crippen LogP contribution in [0.15, 0.2) is 89.5 Å². The second kappa shape index (κ2) is 9.24. The van der Waals surface area contributed by atoms with Gasteiger partial charge in [0.25, 0.3) is 0 Å². The molecule has 2 unspecified atom stereocenters. The van der Waals surface area contributed by atoms with Crippen molar-refractivity contribution >= 4 is 28.8 Å². The summed E-state index contributed by atoms with van der Waals surface area (Å²) in [6.07, 6.45) is 10.8. The lowest BCUT2D eigenvalue weighted by Crippen LogP contribution is -2.25. The Balaban J connectivity index is 1.31. The highest BCUT2D eigenvalue weighted by molar-refractivity contribution is 7.98. The molecule has 1 aliphatic heterocycles. The lowest BCUT2D eigenvalue weighted by atomic mass is 10.0. The van der Waals surface area contributed by atoms with Gasteiger partial charge >= 0.3 is 0 Å². The molecule has 5 nitrogen and oxygen atoms in total. The van der Waals surface area contributed by atoms with Crippen LogP contribution in [-0.4, -0.2) is 25.8 Å². The SMILES string of the molecule is CSc1cccc(-c2ccc(-c3cn(C4ON4Cc4ccccc4O)n3C3=CCCC=C3C)s2)c1. The molecule has 6 rings (SSSR count). The molecule has 1 saturated heterocycles. The van der Waals surface area contributed by atoms with Gasteiger partial charge in [-0.25, -0.2) is 14.2 Å². The topological polar surface area (TPSA) is 45.6 Å². The smallest absolute Gasteiger partial charge is 0.247 e. The standard InChI is InChI=1S/C28H27N3O2S2/c1-19-8-3-5-12-23(19)31-24(27-15-14-26(35-27)20-10-7-11-22(16-20)34-2)18-29(31)28-30(33-28)17-21-9-4-6-13-25(21)32/h4,6-16,18,28,32H,3,5,17H2,1-2H3. The number of phenols is 1. The maximum absolute atomic E-state index is 10.2. The first-order valence-electron chi connectivity index (χ1n) is 11.7. The molecule has 7 heteroatoms. The lowest BCUT2D eigenvalue weighted by molar-refractivity contribution is 0.186. The van der Waals surface area contributed by atoms with Crippen molar-refractivity contribution in [3.05, 3.63) is 90.1 Å². The number of phenolic OH excluding ortho intramolecular Hbond substituents is 1. The van der Waals surface area contributed by atoms with Crippen LogP contribution in [0.25, 0.3) is 26.7 Å². The molecule has 2 aliphatic rings. The van der Waals surface area contributed by atoms with Gasteiger partial charge in [0.05, 0.1) is 29.0 Å². The number of benzene rings is 2. The molecule has 0 bridgehead atoms. The number of aromatic hydroxyl groups is 1. The van der Waals surface area contributed by atoms with Crippen LogP contribution in [0.2, 0.25) is 0 Å². The monoisotopic (exact) mass is 501 g/mol. The number of hydrogen-bond donors (Lipinski definition) is 1. The largest absolute Gasteiger partial charge is 0.508 e. The number of hydroxylamine groups is 2. The molecule has 0 radical (unpaired) electrons. The zero-order valence-electron chi connectivity index (χ0n) is 19.7. The predicted molar refractivity (Wildman–Crippen MR) is 144 cm³/mol. The minimum absolute atomic E-state index is 0.188. The van der Waals surface area contributed by atoms with Gasteiger partial charge in [0.2, 0.25) is 6.35 Å². The van der Waals surface area contributed by atoms with Crippen molar-refractivity contribution in [2.45, 2.75) is 37.6 Å². The average molecular weight is 502 g/mol. The van der Waals surface area contributed by atoms with Gasteiger partial charge < -0.3 is 5.11 Å². The van der Waals surface area contributed by atoms with Crippen LogP contribution >= 0.6 is 23.1 Å². The molecule has 2 atom stereocenters. The third-order valence-corrected chi connectivity index (χ3v) is 8.37. The quantitative estimate of drug-likeness (QED) is 0.209. The van der Waals surface area contributed by atoms with E-state index in [2.05, 4.69) is 77.3 Å². The number of aromatic nitrogens is 2. The maximum atomic E-state index is 10.2. The number of nitrogens with zero attached hydrogens (tertiary/aromatic N) is 3. The van der Waals surface area contributed by atoms with Crippen LogP contribution < -0.4 is 0 Å². The van der Waals surface area contributed by atoms with E-state index in [0.717, 1.165) is 18.4 Å². The third-order valence-electron chi connectivity index (χ3n) is 6.49. The molecule has 35 heavy (non-hydrogen) atoms. The van der Waals surface area contributed by atoms with E-state index in [1.807, 2.05) is 34.6 Å². The highest BCUT2D eigenvalue weighted by Crippen LogP contribution is 2.43. The van der Waals surface area contributed by atoms with Gasteiger partial charge in [0.15, 0.2) is 0 Å². The molecular formula is C28H27N3O2S2. The molecule has 1 fully saturated rings. The summed E-state index contributed by atoms with van der Waals surface area (Å²) in [6, 6.07) is 20.6. The van der Waals surface area contributed by atoms with E-state index in [-0.39, 0.29) is 6.35 Å². The first-order chi connectivity index (χ1) is 17.1. The highest BCUT2D eigenvalue weighted by Gasteiger charge is 2.42. The first-order valence-corrected chi connectivity index (χ1v) is 13.8. The summed E-state index contributed by atoms with van der Waals surface area (Å²) in [5.74, 6) is 0.295. The average Bonchev–Trinajstić information content (AvgIpc) is 3.42. The van der Waals surface area contributed by atoms with Gasteiger partial charge in [0, 0.05) is 15.3 Å². The molecule has 2 aromatic carbocycles. The van der Waals surface area contributed by atoms with Crippen LogP contribution in [0.1, 0.15) is 31.7 Å². The van der Waals surface area contributed by atoms with Crippen molar-refractivity contribution in [1.29, 1.82) is 0 Å². The second-order valence-electron chi connectivity index (χ2n) is 8.79. The van der Waals surface area contributed by atoms with E-state index < -0.39 is 0 Å². The Morgan fingerprint density at radius 2 is 1.86 bits per heavy atom. The Bertz CT molecular complexity index is 1440. The van der Waals surface area contributed by atoms with Gasteiger partial charge in [-0.05, 0) is 67.5 Å². The molecule has 0 saturated carbocycles. The molecular weight excluding hydrogens is 474 g/mol. The summed E-state index contributed by atoms with van der Waals surface area (Å²) in [4.78, 5) is 9.71.